The van der Waals surface area contributed by atoms with Crippen molar-refractivity contribution in [3.05, 3.63) is 34.9 Å². The molecule has 0 saturated heterocycles. The topological polar surface area (TPSA) is 57.5 Å². The highest BCUT2D eigenvalue weighted by Crippen LogP contribution is 2.41. The Labute approximate surface area is 88.4 Å². The zero-order valence-electron chi connectivity index (χ0n) is 8.60. The van der Waals surface area contributed by atoms with E-state index in [2.05, 4.69) is 0 Å². The maximum atomic E-state index is 10.8. The fraction of sp³-hybridized carbons (Fsp3) is 0.417. The standard InChI is InChI=1S/C12H14O3/c1-7-2-3-9(12(14)15)6-10(7)11(13)8-4-5-8/h2-3,6,8,11,13H,4-5H2,1H3,(H,14,15). The number of aromatic carboxylic acids is 1. The zero-order valence-corrected chi connectivity index (χ0v) is 8.60. The van der Waals surface area contributed by atoms with E-state index in [1.54, 1.807) is 18.2 Å². The maximum absolute atomic E-state index is 10.8. The van der Waals surface area contributed by atoms with E-state index in [1.807, 2.05) is 6.92 Å². The first-order chi connectivity index (χ1) is 7.09. The van der Waals surface area contributed by atoms with E-state index in [0.29, 0.717) is 5.92 Å². The van der Waals surface area contributed by atoms with Gasteiger partial charge in [-0.2, -0.15) is 0 Å². The van der Waals surface area contributed by atoms with Crippen molar-refractivity contribution in [2.75, 3.05) is 0 Å². The van der Waals surface area contributed by atoms with Crippen LogP contribution in [0.4, 0.5) is 0 Å². The van der Waals surface area contributed by atoms with Gasteiger partial charge in [-0.3, -0.25) is 0 Å². The Bertz CT molecular complexity index is 394. The zero-order chi connectivity index (χ0) is 11.0. The van der Waals surface area contributed by atoms with Gasteiger partial charge in [0.2, 0.25) is 0 Å². The summed E-state index contributed by atoms with van der Waals surface area (Å²) in [4.78, 5) is 10.8. The van der Waals surface area contributed by atoms with Crippen LogP contribution in [-0.4, -0.2) is 16.2 Å². The second-order valence-electron chi connectivity index (χ2n) is 4.16. The number of hydrogen-bond donors (Lipinski definition) is 2. The first kappa shape index (κ1) is 10.2. The fourth-order valence-corrected chi connectivity index (χ4v) is 1.76. The Balaban J connectivity index is 2.35. The van der Waals surface area contributed by atoms with Gasteiger partial charge >= 0.3 is 5.97 Å². The van der Waals surface area contributed by atoms with Crippen LogP contribution in [0.1, 0.15) is 40.4 Å². The Hall–Kier alpha value is -1.35. The smallest absolute Gasteiger partial charge is 0.335 e. The van der Waals surface area contributed by atoms with Crippen molar-refractivity contribution < 1.29 is 15.0 Å². The molecule has 0 bridgehead atoms. The molecule has 15 heavy (non-hydrogen) atoms. The molecule has 1 aromatic carbocycles. The lowest BCUT2D eigenvalue weighted by Crippen LogP contribution is -2.05. The van der Waals surface area contributed by atoms with Crippen LogP contribution in [0.5, 0.6) is 0 Å². The maximum Gasteiger partial charge on any atom is 0.335 e. The molecule has 0 aliphatic heterocycles. The number of benzene rings is 1. The molecule has 0 spiro atoms. The molecule has 1 aliphatic carbocycles. The molecular formula is C12H14O3. The molecule has 1 unspecified atom stereocenters. The van der Waals surface area contributed by atoms with Gasteiger partial charge in [-0.25, -0.2) is 4.79 Å². The van der Waals surface area contributed by atoms with Gasteiger partial charge in [0.25, 0.3) is 0 Å². The molecule has 0 heterocycles. The molecule has 1 atom stereocenters. The summed E-state index contributed by atoms with van der Waals surface area (Å²) in [6, 6.07) is 4.91. The minimum Gasteiger partial charge on any atom is -0.478 e. The highest BCUT2D eigenvalue weighted by molar-refractivity contribution is 5.87. The normalized spacial score (nSPS) is 17.5. The number of carboxylic acids is 1. The van der Waals surface area contributed by atoms with Crippen molar-refractivity contribution in [2.24, 2.45) is 5.92 Å². The van der Waals surface area contributed by atoms with Crippen LogP contribution < -0.4 is 0 Å². The van der Waals surface area contributed by atoms with E-state index >= 15 is 0 Å². The fourth-order valence-electron chi connectivity index (χ4n) is 1.76. The van der Waals surface area contributed by atoms with Crippen molar-refractivity contribution >= 4 is 5.97 Å². The van der Waals surface area contributed by atoms with Crippen LogP contribution in [0.15, 0.2) is 18.2 Å². The minimum atomic E-state index is -0.945. The molecule has 1 saturated carbocycles. The van der Waals surface area contributed by atoms with Crippen molar-refractivity contribution in [2.45, 2.75) is 25.9 Å². The molecular weight excluding hydrogens is 192 g/mol. The SMILES string of the molecule is Cc1ccc(C(=O)O)cc1C(O)C1CC1. The van der Waals surface area contributed by atoms with Crippen molar-refractivity contribution in [3.63, 3.8) is 0 Å². The summed E-state index contributed by atoms with van der Waals surface area (Å²) < 4.78 is 0. The highest BCUT2D eigenvalue weighted by atomic mass is 16.4. The molecule has 0 amide bonds. The highest BCUT2D eigenvalue weighted by Gasteiger charge is 2.31. The first-order valence-electron chi connectivity index (χ1n) is 5.11. The van der Waals surface area contributed by atoms with Crippen LogP contribution in [0.25, 0.3) is 0 Å². The van der Waals surface area contributed by atoms with E-state index in [1.165, 1.54) is 0 Å². The molecule has 1 aliphatic rings. The Morgan fingerprint density at radius 2 is 2.13 bits per heavy atom. The predicted octanol–water partition coefficient (Wildman–Crippen LogP) is 2.14. The van der Waals surface area contributed by atoms with E-state index in [0.717, 1.165) is 24.0 Å². The Morgan fingerprint density at radius 3 is 2.67 bits per heavy atom. The quantitative estimate of drug-likeness (QED) is 0.796. The van der Waals surface area contributed by atoms with E-state index in [9.17, 15) is 9.90 Å². The van der Waals surface area contributed by atoms with Crippen molar-refractivity contribution in [1.29, 1.82) is 0 Å². The van der Waals surface area contributed by atoms with Gasteiger partial charge < -0.3 is 10.2 Å². The summed E-state index contributed by atoms with van der Waals surface area (Å²) in [5.74, 6) is -0.619. The van der Waals surface area contributed by atoms with Gasteiger partial charge in [-0.1, -0.05) is 6.07 Å². The molecule has 0 radical (unpaired) electrons. The summed E-state index contributed by atoms with van der Waals surface area (Å²) in [5.41, 5.74) is 1.96. The average Bonchev–Trinajstić information content (AvgIpc) is 3.00. The molecule has 2 rings (SSSR count). The third kappa shape index (κ3) is 2.02. The molecule has 0 aromatic heterocycles. The van der Waals surface area contributed by atoms with Gasteiger partial charge in [0, 0.05) is 0 Å². The lowest BCUT2D eigenvalue weighted by atomic mass is 9.98. The van der Waals surface area contributed by atoms with Crippen LogP contribution >= 0.6 is 0 Å². The second-order valence-corrected chi connectivity index (χ2v) is 4.16. The van der Waals surface area contributed by atoms with Gasteiger partial charge in [-0.15, -0.1) is 0 Å². The Morgan fingerprint density at radius 1 is 1.47 bits per heavy atom. The third-order valence-electron chi connectivity index (χ3n) is 2.91. The number of aryl methyl sites for hydroxylation is 1. The molecule has 3 heteroatoms. The lowest BCUT2D eigenvalue weighted by Gasteiger charge is -2.13. The summed E-state index contributed by atoms with van der Waals surface area (Å²) in [7, 11) is 0. The van der Waals surface area contributed by atoms with Crippen molar-refractivity contribution in [1.82, 2.24) is 0 Å². The summed E-state index contributed by atoms with van der Waals surface area (Å²) in [5, 5.41) is 18.8. The molecule has 3 nitrogen and oxygen atoms in total. The number of carboxylic acid groups (broad SMARTS) is 1. The summed E-state index contributed by atoms with van der Waals surface area (Å²) in [6.07, 6.45) is 1.58. The van der Waals surface area contributed by atoms with E-state index in [4.69, 9.17) is 5.11 Å². The molecule has 80 valence electrons. The lowest BCUT2D eigenvalue weighted by molar-refractivity contribution is 0.0696. The first-order valence-corrected chi connectivity index (χ1v) is 5.11. The van der Waals surface area contributed by atoms with Crippen LogP contribution in [0.2, 0.25) is 0 Å². The monoisotopic (exact) mass is 206 g/mol. The van der Waals surface area contributed by atoms with Crippen LogP contribution in [-0.2, 0) is 0 Å². The number of rotatable bonds is 3. The number of aliphatic hydroxyl groups excluding tert-OH is 1. The largest absolute Gasteiger partial charge is 0.478 e. The van der Waals surface area contributed by atoms with Crippen molar-refractivity contribution in [3.8, 4) is 0 Å². The van der Waals surface area contributed by atoms with Crippen LogP contribution in [0.3, 0.4) is 0 Å². The third-order valence-corrected chi connectivity index (χ3v) is 2.91. The second kappa shape index (κ2) is 3.66. The average molecular weight is 206 g/mol. The van der Waals surface area contributed by atoms with Crippen LogP contribution in [0, 0.1) is 12.8 Å². The Kier molecular flexibility index (Phi) is 2.49. The number of aliphatic hydroxyl groups is 1. The number of hydrogen-bond acceptors (Lipinski definition) is 2. The van der Waals surface area contributed by atoms with E-state index in [-0.39, 0.29) is 5.56 Å². The molecule has 2 N–H and O–H groups in total. The van der Waals surface area contributed by atoms with Gasteiger partial charge in [0.15, 0.2) is 0 Å². The van der Waals surface area contributed by atoms with E-state index < -0.39 is 12.1 Å². The predicted molar refractivity (Wildman–Crippen MR) is 55.8 cm³/mol. The summed E-state index contributed by atoms with van der Waals surface area (Å²) in [6.45, 7) is 1.90. The minimum absolute atomic E-state index is 0.246. The molecule has 1 fully saturated rings. The van der Waals surface area contributed by atoms with Gasteiger partial charge in [-0.05, 0) is 48.9 Å². The van der Waals surface area contributed by atoms with Gasteiger partial charge in [0.05, 0.1) is 11.7 Å². The molecule has 1 aromatic rings. The number of carbonyl (C=O) groups is 1. The van der Waals surface area contributed by atoms with Gasteiger partial charge in [0.1, 0.15) is 0 Å². The summed E-state index contributed by atoms with van der Waals surface area (Å²) >= 11 is 0.